The molecule has 1 saturated heterocycles. The molecule has 1 aliphatic rings. The van der Waals surface area contributed by atoms with Crippen LogP contribution in [0.3, 0.4) is 0 Å². The van der Waals surface area contributed by atoms with Crippen molar-refractivity contribution >= 4 is 17.7 Å². The van der Waals surface area contributed by atoms with Crippen LogP contribution >= 0.6 is 11.8 Å². The van der Waals surface area contributed by atoms with E-state index in [9.17, 15) is 4.79 Å². The Balaban J connectivity index is 2.53. The second-order valence-electron chi connectivity index (χ2n) is 4.18. The molecule has 0 saturated carbocycles. The molecule has 15 heavy (non-hydrogen) atoms. The highest BCUT2D eigenvalue weighted by molar-refractivity contribution is 8.00. The molecule has 0 aromatic carbocycles. The third-order valence-corrected chi connectivity index (χ3v) is 4.73. The molecule has 0 aromatic rings. The number of carbonyl (C=O) groups excluding carboxylic acids is 1. The van der Waals surface area contributed by atoms with Gasteiger partial charge in [-0.3, -0.25) is 4.79 Å². The minimum Gasteiger partial charge on any atom is -0.348 e. The summed E-state index contributed by atoms with van der Waals surface area (Å²) in [7, 11) is 0. The number of thioether (sulfide) groups is 1. The van der Waals surface area contributed by atoms with Crippen LogP contribution in [0.5, 0.6) is 0 Å². The van der Waals surface area contributed by atoms with Crippen molar-refractivity contribution in [3.05, 3.63) is 0 Å². The summed E-state index contributed by atoms with van der Waals surface area (Å²) >= 11 is 1.77. The quantitative estimate of drug-likeness (QED) is 0.753. The molecule has 1 aliphatic heterocycles. The zero-order valence-corrected chi connectivity index (χ0v) is 10.5. The molecule has 88 valence electrons. The maximum Gasteiger partial charge on any atom is 0.233 e. The molecule has 4 heteroatoms. The molecule has 1 amide bonds. The van der Waals surface area contributed by atoms with E-state index in [1.165, 1.54) is 0 Å². The number of amides is 1. The standard InChI is InChI=1S/C11H22N2OS/c1-3-11(4-2,8-12)13-10(14)9-6-5-7-15-9/h9H,3-8,12H2,1-2H3,(H,13,14). The molecule has 1 fully saturated rings. The van der Waals surface area contributed by atoms with E-state index in [-0.39, 0.29) is 16.7 Å². The van der Waals surface area contributed by atoms with E-state index < -0.39 is 0 Å². The Labute approximate surface area is 96.6 Å². The number of hydrogen-bond donors (Lipinski definition) is 2. The van der Waals surface area contributed by atoms with Crippen molar-refractivity contribution in [2.45, 2.75) is 50.3 Å². The highest BCUT2D eigenvalue weighted by Crippen LogP contribution is 2.27. The first-order valence-electron chi connectivity index (χ1n) is 5.81. The van der Waals surface area contributed by atoms with Crippen molar-refractivity contribution in [1.29, 1.82) is 0 Å². The van der Waals surface area contributed by atoms with Gasteiger partial charge in [0.25, 0.3) is 0 Å². The minimum atomic E-state index is -0.180. The summed E-state index contributed by atoms with van der Waals surface area (Å²) in [6.07, 6.45) is 3.99. The smallest absolute Gasteiger partial charge is 0.233 e. The predicted octanol–water partition coefficient (Wildman–Crippen LogP) is 1.52. The Morgan fingerprint density at radius 3 is 2.60 bits per heavy atom. The Morgan fingerprint density at radius 1 is 1.53 bits per heavy atom. The lowest BCUT2D eigenvalue weighted by molar-refractivity contribution is -0.122. The van der Waals surface area contributed by atoms with Gasteiger partial charge in [0.15, 0.2) is 0 Å². The highest BCUT2D eigenvalue weighted by Gasteiger charge is 2.31. The zero-order chi connectivity index (χ0) is 11.3. The van der Waals surface area contributed by atoms with Gasteiger partial charge in [-0.2, -0.15) is 0 Å². The lowest BCUT2D eigenvalue weighted by atomic mass is 9.92. The van der Waals surface area contributed by atoms with Gasteiger partial charge in [-0.1, -0.05) is 13.8 Å². The summed E-state index contributed by atoms with van der Waals surface area (Å²) in [4.78, 5) is 12.0. The van der Waals surface area contributed by atoms with Gasteiger partial charge in [-0.05, 0) is 31.4 Å². The Hall–Kier alpha value is -0.220. The van der Waals surface area contributed by atoms with Gasteiger partial charge in [0, 0.05) is 6.54 Å². The van der Waals surface area contributed by atoms with Crippen molar-refractivity contribution in [2.24, 2.45) is 5.73 Å². The van der Waals surface area contributed by atoms with Crippen LogP contribution in [0.4, 0.5) is 0 Å². The van der Waals surface area contributed by atoms with E-state index in [1.54, 1.807) is 11.8 Å². The molecule has 1 heterocycles. The molecule has 0 aliphatic carbocycles. The summed E-state index contributed by atoms with van der Waals surface area (Å²) in [6.45, 7) is 4.69. The van der Waals surface area contributed by atoms with Gasteiger partial charge in [0.05, 0.1) is 10.8 Å². The second-order valence-corrected chi connectivity index (χ2v) is 5.49. The van der Waals surface area contributed by atoms with Crippen LogP contribution in [-0.2, 0) is 4.79 Å². The molecule has 0 radical (unpaired) electrons. The number of carbonyl (C=O) groups is 1. The monoisotopic (exact) mass is 230 g/mol. The zero-order valence-electron chi connectivity index (χ0n) is 9.71. The van der Waals surface area contributed by atoms with Gasteiger partial charge in [-0.25, -0.2) is 0 Å². The highest BCUT2D eigenvalue weighted by atomic mass is 32.2. The average molecular weight is 230 g/mol. The summed E-state index contributed by atoms with van der Waals surface area (Å²) < 4.78 is 0. The molecule has 0 spiro atoms. The van der Waals surface area contributed by atoms with Crippen LogP contribution in [0.25, 0.3) is 0 Å². The molecule has 1 unspecified atom stereocenters. The van der Waals surface area contributed by atoms with Crippen molar-refractivity contribution in [3.63, 3.8) is 0 Å². The van der Waals surface area contributed by atoms with Crippen LogP contribution in [-0.4, -0.2) is 29.0 Å². The lowest BCUT2D eigenvalue weighted by Gasteiger charge is -2.32. The molecular formula is C11H22N2OS. The first kappa shape index (κ1) is 12.8. The first-order valence-corrected chi connectivity index (χ1v) is 6.86. The predicted molar refractivity (Wildman–Crippen MR) is 66.0 cm³/mol. The number of rotatable bonds is 5. The maximum atomic E-state index is 12.0. The average Bonchev–Trinajstić information content (AvgIpc) is 2.79. The SMILES string of the molecule is CCC(CC)(CN)NC(=O)C1CCCS1. The van der Waals surface area contributed by atoms with Crippen molar-refractivity contribution < 1.29 is 4.79 Å². The minimum absolute atomic E-state index is 0.161. The molecule has 3 nitrogen and oxygen atoms in total. The van der Waals surface area contributed by atoms with E-state index in [1.807, 2.05) is 0 Å². The van der Waals surface area contributed by atoms with Crippen LogP contribution < -0.4 is 11.1 Å². The van der Waals surface area contributed by atoms with Crippen LogP contribution in [0.2, 0.25) is 0 Å². The summed E-state index contributed by atoms with van der Waals surface area (Å²) in [6, 6.07) is 0. The third kappa shape index (κ3) is 3.11. The van der Waals surface area contributed by atoms with Crippen LogP contribution in [0.15, 0.2) is 0 Å². The number of hydrogen-bond acceptors (Lipinski definition) is 3. The van der Waals surface area contributed by atoms with Gasteiger partial charge in [-0.15, -0.1) is 11.8 Å². The van der Waals surface area contributed by atoms with E-state index in [0.29, 0.717) is 6.54 Å². The van der Waals surface area contributed by atoms with Gasteiger partial charge >= 0.3 is 0 Å². The van der Waals surface area contributed by atoms with Gasteiger partial charge in [0.2, 0.25) is 5.91 Å². The molecule has 0 bridgehead atoms. The van der Waals surface area contributed by atoms with Crippen LogP contribution in [0, 0.1) is 0 Å². The summed E-state index contributed by atoms with van der Waals surface area (Å²) in [5.74, 6) is 1.30. The van der Waals surface area contributed by atoms with Crippen molar-refractivity contribution in [2.75, 3.05) is 12.3 Å². The summed E-state index contributed by atoms with van der Waals surface area (Å²) in [5.41, 5.74) is 5.57. The Bertz CT molecular complexity index is 202. The molecule has 1 rings (SSSR count). The van der Waals surface area contributed by atoms with E-state index in [0.717, 1.165) is 31.4 Å². The number of nitrogens with one attached hydrogen (secondary N) is 1. The lowest BCUT2D eigenvalue weighted by Crippen LogP contribution is -2.54. The molecule has 1 atom stereocenters. The largest absolute Gasteiger partial charge is 0.348 e. The van der Waals surface area contributed by atoms with Crippen molar-refractivity contribution in [3.8, 4) is 0 Å². The van der Waals surface area contributed by atoms with E-state index >= 15 is 0 Å². The Kier molecular flexibility index (Phi) is 4.93. The fraction of sp³-hybridized carbons (Fsp3) is 0.909. The summed E-state index contributed by atoms with van der Waals surface area (Å²) in [5, 5.41) is 3.30. The van der Waals surface area contributed by atoms with E-state index in [2.05, 4.69) is 19.2 Å². The molecular weight excluding hydrogens is 208 g/mol. The topological polar surface area (TPSA) is 55.1 Å². The maximum absolute atomic E-state index is 12.0. The molecule has 0 aromatic heterocycles. The Morgan fingerprint density at radius 2 is 2.20 bits per heavy atom. The van der Waals surface area contributed by atoms with Gasteiger partial charge in [0.1, 0.15) is 0 Å². The van der Waals surface area contributed by atoms with Crippen LogP contribution in [0.1, 0.15) is 39.5 Å². The fourth-order valence-electron chi connectivity index (χ4n) is 1.89. The third-order valence-electron chi connectivity index (χ3n) is 3.35. The van der Waals surface area contributed by atoms with E-state index in [4.69, 9.17) is 5.73 Å². The first-order chi connectivity index (χ1) is 7.17. The molecule has 3 N–H and O–H groups in total. The number of nitrogens with two attached hydrogens (primary N) is 1. The second kappa shape index (κ2) is 5.75. The van der Waals surface area contributed by atoms with Gasteiger partial charge < -0.3 is 11.1 Å². The fourth-order valence-corrected chi connectivity index (χ4v) is 3.05. The van der Waals surface area contributed by atoms with Crippen molar-refractivity contribution in [1.82, 2.24) is 5.32 Å². The normalized spacial score (nSPS) is 21.7.